The molecule has 0 N–H and O–H groups in total. The van der Waals surface area contributed by atoms with Crippen LogP contribution in [0.3, 0.4) is 0 Å². The Morgan fingerprint density at radius 1 is 1.29 bits per heavy atom. The SMILES string of the molecule is Cc1ccc(-c2[c]ccc(F)c2)nc1. The van der Waals surface area contributed by atoms with Crippen LogP contribution in [0.25, 0.3) is 11.3 Å². The van der Waals surface area contributed by atoms with Gasteiger partial charge in [-0.25, -0.2) is 4.39 Å². The molecule has 0 amide bonds. The van der Waals surface area contributed by atoms with Gasteiger partial charge in [-0.15, -0.1) is 0 Å². The molecular weight excluding hydrogens is 177 g/mol. The zero-order valence-electron chi connectivity index (χ0n) is 7.79. The van der Waals surface area contributed by atoms with Gasteiger partial charge in [-0.2, -0.15) is 0 Å². The van der Waals surface area contributed by atoms with E-state index in [4.69, 9.17) is 0 Å². The van der Waals surface area contributed by atoms with Crippen LogP contribution in [0.2, 0.25) is 0 Å². The molecule has 69 valence electrons. The maximum atomic E-state index is 12.9. The fraction of sp³-hybridized carbons (Fsp3) is 0.0833. The molecule has 2 heteroatoms. The first-order valence-corrected chi connectivity index (χ1v) is 4.36. The third kappa shape index (κ3) is 1.79. The zero-order chi connectivity index (χ0) is 9.97. The normalized spacial score (nSPS) is 10.1. The Bertz CT molecular complexity index is 434. The van der Waals surface area contributed by atoms with Crippen LogP contribution in [-0.4, -0.2) is 4.98 Å². The summed E-state index contributed by atoms with van der Waals surface area (Å²) in [5, 5.41) is 0. The van der Waals surface area contributed by atoms with E-state index in [9.17, 15) is 4.39 Å². The quantitative estimate of drug-likeness (QED) is 0.667. The number of aromatic nitrogens is 1. The summed E-state index contributed by atoms with van der Waals surface area (Å²) >= 11 is 0. The Kier molecular flexibility index (Phi) is 2.27. The predicted molar refractivity (Wildman–Crippen MR) is 53.2 cm³/mol. The summed E-state index contributed by atoms with van der Waals surface area (Å²) in [6.45, 7) is 1.96. The monoisotopic (exact) mass is 186 g/mol. The lowest BCUT2D eigenvalue weighted by molar-refractivity contribution is 0.628. The Hall–Kier alpha value is -1.70. The third-order valence-electron chi connectivity index (χ3n) is 1.95. The largest absolute Gasteiger partial charge is 0.256 e. The van der Waals surface area contributed by atoms with Crippen LogP contribution in [0.15, 0.2) is 36.5 Å². The van der Waals surface area contributed by atoms with Crippen molar-refractivity contribution in [3.63, 3.8) is 0 Å². The lowest BCUT2D eigenvalue weighted by Gasteiger charge is -2.00. The fourth-order valence-electron chi connectivity index (χ4n) is 1.21. The molecule has 0 saturated carbocycles. The van der Waals surface area contributed by atoms with Gasteiger partial charge in [-0.05, 0) is 36.8 Å². The van der Waals surface area contributed by atoms with Crippen molar-refractivity contribution in [3.8, 4) is 11.3 Å². The second kappa shape index (κ2) is 3.58. The number of hydrogen-bond donors (Lipinski definition) is 0. The number of hydrogen-bond acceptors (Lipinski definition) is 1. The minimum absolute atomic E-state index is 0.263. The number of pyridine rings is 1. The highest BCUT2D eigenvalue weighted by molar-refractivity contribution is 5.58. The zero-order valence-corrected chi connectivity index (χ0v) is 7.79. The lowest BCUT2D eigenvalue weighted by atomic mass is 10.1. The molecule has 0 unspecified atom stereocenters. The number of benzene rings is 1. The van der Waals surface area contributed by atoms with Crippen molar-refractivity contribution in [2.45, 2.75) is 6.92 Å². The van der Waals surface area contributed by atoms with Crippen LogP contribution in [0.5, 0.6) is 0 Å². The highest BCUT2D eigenvalue weighted by atomic mass is 19.1. The summed E-state index contributed by atoms with van der Waals surface area (Å²) in [4.78, 5) is 4.19. The van der Waals surface area contributed by atoms with Gasteiger partial charge in [0.1, 0.15) is 5.82 Å². The molecule has 0 bridgehead atoms. The Morgan fingerprint density at radius 3 is 2.79 bits per heavy atom. The molecule has 2 rings (SSSR count). The summed E-state index contributed by atoms with van der Waals surface area (Å²) in [6, 6.07) is 11.1. The second-order valence-corrected chi connectivity index (χ2v) is 3.14. The van der Waals surface area contributed by atoms with Crippen molar-refractivity contribution in [2.75, 3.05) is 0 Å². The van der Waals surface area contributed by atoms with Crippen molar-refractivity contribution in [3.05, 3.63) is 54.0 Å². The molecular formula is C12H9FN. The van der Waals surface area contributed by atoms with Crippen LogP contribution < -0.4 is 0 Å². The van der Waals surface area contributed by atoms with Crippen molar-refractivity contribution < 1.29 is 4.39 Å². The minimum Gasteiger partial charge on any atom is -0.256 e. The number of nitrogens with zero attached hydrogens (tertiary/aromatic N) is 1. The van der Waals surface area contributed by atoms with Gasteiger partial charge < -0.3 is 0 Å². The first-order chi connectivity index (χ1) is 6.75. The lowest BCUT2D eigenvalue weighted by Crippen LogP contribution is -1.85. The van der Waals surface area contributed by atoms with E-state index in [0.717, 1.165) is 11.3 Å². The van der Waals surface area contributed by atoms with E-state index in [1.165, 1.54) is 12.1 Å². The highest BCUT2D eigenvalue weighted by Gasteiger charge is 1.99. The Morgan fingerprint density at radius 2 is 2.14 bits per heavy atom. The molecule has 1 nitrogen and oxygen atoms in total. The molecule has 1 heterocycles. The number of halogens is 1. The molecule has 0 saturated heterocycles. The molecule has 14 heavy (non-hydrogen) atoms. The summed E-state index contributed by atoms with van der Waals surface area (Å²) in [7, 11) is 0. The maximum Gasteiger partial charge on any atom is 0.123 e. The van der Waals surface area contributed by atoms with E-state index >= 15 is 0 Å². The van der Waals surface area contributed by atoms with Crippen LogP contribution in [-0.2, 0) is 0 Å². The summed E-state index contributed by atoms with van der Waals surface area (Å²) < 4.78 is 12.9. The molecule has 1 aromatic carbocycles. The molecule has 0 spiro atoms. The van der Waals surface area contributed by atoms with Gasteiger partial charge in [0.2, 0.25) is 0 Å². The van der Waals surface area contributed by atoms with Crippen molar-refractivity contribution in [1.29, 1.82) is 0 Å². The second-order valence-electron chi connectivity index (χ2n) is 3.14. The van der Waals surface area contributed by atoms with Gasteiger partial charge in [0, 0.05) is 11.8 Å². The molecule has 1 aromatic heterocycles. The van der Waals surface area contributed by atoms with Crippen molar-refractivity contribution in [2.24, 2.45) is 0 Å². The minimum atomic E-state index is -0.263. The standard InChI is InChI=1S/C12H9FN/c1-9-5-6-12(14-8-9)10-3-2-4-11(13)7-10/h2,4-8H,1H3. The average molecular weight is 186 g/mol. The summed E-state index contributed by atoms with van der Waals surface area (Å²) in [5.41, 5.74) is 2.52. The number of aryl methyl sites for hydroxylation is 1. The summed E-state index contributed by atoms with van der Waals surface area (Å²) in [6.07, 6.45) is 1.76. The first-order valence-electron chi connectivity index (χ1n) is 4.36. The Labute approximate surface area is 82.2 Å². The van der Waals surface area contributed by atoms with Crippen LogP contribution >= 0.6 is 0 Å². The summed E-state index contributed by atoms with van der Waals surface area (Å²) in [5.74, 6) is -0.263. The first kappa shape index (κ1) is 8.88. The van der Waals surface area contributed by atoms with E-state index < -0.39 is 0 Å². The van der Waals surface area contributed by atoms with Crippen molar-refractivity contribution in [1.82, 2.24) is 4.98 Å². The molecule has 0 aliphatic rings. The van der Waals surface area contributed by atoms with Gasteiger partial charge in [0.15, 0.2) is 0 Å². The fourth-order valence-corrected chi connectivity index (χ4v) is 1.21. The van der Waals surface area contributed by atoms with E-state index in [-0.39, 0.29) is 5.82 Å². The molecule has 2 aromatic rings. The smallest absolute Gasteiger partial charge is 0.123 e. The van der Waals surface area contributed by atoms with E-state index in [1.807, 2.05) is 19.1 Å². The topological polar surface area (TPSA) is 12.9 Å². The van der Waals surface area contributed by atoms with Crippen LogP contribution in [0.1, 0.15) is 5.56 Å². The number of rotatable bonds is 1. The Balaban J connectivity index is 2.44. The molecule has 0 aliphatic heterocycles. The van der Waals surface area contributed by atoms with Gasteiger partial charge >= 0.3 is 0 Å². The van der Waals surface area contributed by atoms with E-state index in [1.54, 1.807) is 12.3 Å². The van der Waals surface area contributed by atoms with E-state index in [2.05, 4.69) is 11.1 Å². The molecule has 0 aliphatic carbocycles. The molecule has 0 fully saturated rings. The molecule has 1 radical (unpaired) electrons. The predicted octanol–water partition coefficient (Wildman–Crippen LogP) is 3.00. The van der Waals surface area contributed by atoms with Gasteiger partial charge in [0.25, 0.3) is 0 Å². The van der Waals surface area contributed by atoms with Gasteiger partial charge in [-0.3, -0.25) is 4.98 Å². The average Bonchev–Trinajstić information content (AvgIpc) is 2.19. The molecule has 0 atom stereocenters. The van der Waals surface area contributed by atoms with Crippen LogP contribution in [0, 0.1) is 18.8 Å². The van der Waals surface area contributed by atoms with Crippen LogP contribution in [0.4, 0.5) is 4.39 Å². The maximum absolute atomic E-state index is 12.9. The third-order valence-corrected chi connectivity index (χ3v) is 1.95. The van der Waals surface area contributed by atoms with Crippen molar-refractivity contribution >= 4 is 0 Å². The van der Waals surface area contributed by atoms with E-state index in [0.29, 0.717) is 5.56 Å². The van der Waals surface area contributed by atoms with Gasteiger partial charge in [0.05, 0.1) is 5.69 Å². The van der Waals surface area contributed by atoms with Gasteiger partial charge in [-0.1, -0.05) is 12.1 Å². The highest BCUT2D eigenvalue weighted by Crippen LogP contribution is 2.16.